The fourth-order valence-electron chi connectivity index (χ4n) is 3.08. The second kappa shape index (κ2) is 8.26. The van der Waals surface area contributed by atoms with Crippen molar-refractivity contribution in [3.8, 4) is 0 Å². The minimum Gasteiger partial charge on any atom is -0.336 e. The zero-order valence-corrected chi connectivity index (χ0v) is 15.7. The van der Waals surface area contributed by atoms with Gasteiger partial charge in [-0.1, -0.05) is 36.4 Å². The molecule has 7 heteroatoms. The van der Waals surface area contributed by atoms with Crippen LogP contribution in [0.5, 0.6) is 0 Å². The highest BCUT2D eigenvalue weighted by Crippen LogP contribution is 2.21. The van der Waals surface area contributed by atoms with Gasteiger partial charge in [0.1, 0.15) is 11.9 Å². The number of thiocarbonyl (C=S) groups is 1. The van der Waals surface area contributed by atoms with Crippen LogP contribution in [0.15, 0.2) is 54.6 Å². The van der Waals surface area contributed by atoms with Gasteiger partial charge < -0.3 is 10.2 Å². The number of rotatable bonds is 6. The number of benzene rings is 2. The molecule has 0 spiro atoms. The van der Waals surface area contributed by atoms with Crippen molar-refractivity contribution in [3.63, 3.8) is 0 Å². The minimum atomic E-state index is -0.682. The van der Waals surface area contributed by atoms with Gasteiger partial charge in [0, 0.05) is 19.3 Å². The molecule has 0 aromatic heterocycles. The highest BCUT2D eigenvalue weighted by atomic mass is 32.1. The van der Waals surface area contributed by atoms with Crippen LogP contribution in [0, 0.1) is 5.82 Å². The lowest BCUT2D eigenvalue weighted by molar-refractivity contribution is -0.130. The average molecular weight is 385 g/mol. The molecule has 3 rings (SSSR count). The van der Waals surface area contributed by atoms with Gasteiger partial charge in [0.05, 0.1) is 6.42 Å². The second-order valence-electron chi connectivity index (χ2n) is 6.35. The molecule has 0 aliphatic carbocycles. The highest BCUT2D eigenvalue weighted by molar-refractivity contribution is 7.80. The Labute approximate surface area is 162 Å². The van der Waals surface area contributed by atoms with E-state index < -0.39 is 6.04 Å². The van der Waals surface area contributed by atoms with Gasteiger partial charge in [-0.15, -0.1) is 0 Å². The third-order valence-corrected chi connectivity index (χ3v) is 5.05. The number of para-hydroxylation sites is 1. The van der Waals surface area contributed by atoms with Crippen molar-refractivity contribution in [1.29, 1.82) is 0 Å². The molecule has 1 fully saturated rings. The maximum atomic E-state index is 13.9. The van der Waals surface area contributed by atoms with Gasteiger partial charge in [-0.25, -0.2) is 4.39 Å². The Hall–Kier alpha value is -2.80. The minimum absolute atomic E-state index is 0.0184. The monoisotopic (exact) mass is 385 g/mol. The average Bonchev–Trinajstić information content (AvgIpc) is 2.86. The van der Waals surface area contributed by atoms with Crippen LogP contribution in [0.25, 0.3) is 0 Å². The van der Waals surface area contributed by atoms with E-state index in [1.807, 2.05) is 18.2 Å². The van der Waals surface area contributed by atoms with E-state index in [4.69, 9.17) is 12.2 Å². The van der Waals surface area contributed by atoms with E-state index in [1.54, 1.807) is 42.3 Å². The van der Waals surface area contributed by atoms with E-state index in [9.17, 15) is 14.0 Å². The first-order valence-electron chi connectivity index (χ1n) is 8.64. The lowest BCUT2D eigenvalue weighted by atomic mass is 10.1. The summed E-state index contributed by atoms with van der Waals surface area (Å²) in [6.07, 6.45) is 0.375. The van der Waals surface area contributed by atoms with Crippen molar-refractivity contribution >= 4 is 34.8 Å². The predicted molar refractivity (Wildman–Crippen MR) is 106 cm³/mol. The molecule has 1 aliphatic rings. The normalized spacial score (nSPS) is 16.7. The molecule has 140 valence electrons. The van der Waals surface area contributed by atoms with E-state index in [0.717, 1.165) is 0 Å². The number of anilines is 1. The molecule has 2 amide bonds. The fraction of sp³-hybridized carbons (Fsp3) is 0.250. The summed E-state index contributed by atoms with van der Waals surface area (Å²) in [4.78, 5) is 28.0. The molecule has 1 saturated heterocycles. The van der Waals surface area contributed by atoms with Crippen LogP contribution in [0.4, 0.5) is 10.1 Å². The van der Waals surface area contributed by atoms with Crippen molar-refractivity contribution in [2.45, 2.75) is 18.9 Å². The molecule has 2 aromatic rings. The molecule has 1 heterocycles. The topological polar surface area (TPSA) is 52.7 Å². The van der Waals surface area contributed by atoms with Gasteiger partial charge in [0.2, 0.25) is 5.91 Å². The van der Waals surface area contributed by atoms with Gasteiger partial charge in [-0.3, -0.25) is 14.5 Å². The Morgan fingerprint density at radius 1 is 1.15 bits per heavy atom. The number of hydrogen-bond donors (Lipinski definition) is 1. The largest absolute Gasteiger partial charge is 0.336 e. The zero-order chi connectivity index (χ0) is 19.4. The fourth-order valence-corrected chi connectivity index (χ4v) is 3.39. The molecule has 1 N–H and O–H groups in total. The van der Waals surface area contributed by atoms with E-state index in [2.05, 4.69) is 5.32 Å². The number of likely N-dealkylation sites (N-methyl/N-ethyl adjacent to an activating group) is 1. The number of nitrogens with one attached hydrogen (secondary N) is 1. The van der Waals surface area contributed by atoms with E-state index in [1.165, 1.54) is 11.0 Å². The molecular formula is C20H20FN3O2S. The molecule has 5 nitrogen and oxygen atoms in total. The number of halogens is 1. The summed E-state index contributed by atoms with van der Waals surface area (Å²) in [5.74, 6) is -0.786. The molecule has 0 unspecified atom stereocenters. The Morgan fingerprint density at radius 2 is 1.81 bits per heavy atom. The second-order valence-corrected chi connectivity index (χ2v) is 6.71. The zero-order valence-electron chi connectivity index (χ0n) is 14.9. The molecule has 0 saturated carbocycles. The van der Waals surface area contributed by atoms with Crippen molar-refractivity contribution < 1.29 is 14.0 Å². The molecule has 1 atom stereocenters. The summed E-state index contributed by atoms with van der Waals surface area (Å²) in [5, 5.41) is 3.14. The van der Waals surface area contributed by atoms with Gasteiger partial charge in [-0.05, 0) is 42.4 Å². The first-order valence-corrected chi connectivity index (χ1v) is 9.04. The number of carbonyl (C=O) groups excluding carboxylic acids is 2. The van der Waals surface area contributed by atoms with Crippen molar-refractivity contribution in [3.05, 3.63) is 66.0 Å². The van der Waals surface area contributed by atoms with Crippen LogP contribution in [0.2, 0.25) is 0 Å². The van der Waals surface area contributed by atoms with Crippen LogP contribution >= 0.6 is 12.2 Å². The Balaban J connectivity index is 1.69. The first-order chi connectivity index (χ1) is 13.0. The summed E-state index contributed by atoms with van der Waals surface area (Å²) < 4.78 is 13.9. The number of nitrogens with zero attached hydrogens (tertiary/aromatic N) is 2. The Bertz CT molecular complexity index is 859. The molecular weight excluding hydrogens is 365 g/mol. The summed E-state index contributed by atoms with van der Waals surface area (Å²) in [6, 6.07) is 14.9. The molecule has 2 aromatic carbocycles. The third kappa shape index (κ3) is 4.31. The smallest absolute Gasteiger partial charge is 0.251 e. The molecule has 27 heavy (non-hydrogen) atoms. The van der Waals surface area contributed by atoms with Crippen molar-refractivity contribution in [2.24, 2.45) is 0 Å². The maximum absolute atomic E-state index is 13.9. The van der Waals surface area contributed by atoms with Crippen LogP contribution in [0.1, 0.15) is 12.0 Å². The summed E-state index contributed by atoms with van der Waals surface area (Å²) in [5.41, 5.74) is 1.22. The van der Waals surface area contributed by atoms with Crippen LogP contribution in [-0.2, 0) is 16.0 Å². The lowest BCUT2D eigenvalue weighted by Crippen LogP contribution is -2.39. The number of hydrogen-bond acceptors (Lipinski definition) is 3. The summed E-state index contributed by atoms with van der Waals surface area (Å²) in [6.45, 7) is 0.360. The van der Waals surface area contributed by atoms with E-state index in [-0.39, 0.29) is 24.1 Å². The van der Waals surface area contributed by atoms with E-state index >= 15 is 0 Å². The van der Waals surface area contributed by atoms with Crippen molar-refractivity contribution in [2.75, 3.05) is 18.9 Å². The maximum Gasteiger partial charge on any atom is 0.251 e. The summed E-state index contributed by atoms with van der Waals surface area (Å²) >= 11 is 5.35. The third-order valence-electron chi connectivity index (χ3n) is 4.54. The highest BCUT2D eigenvalue weighted by Gasteiger charge is 2.41. The molecule has 0 radical (unpaired) electrons. The van der Waals surface area contributed by atoms with Crippen LogP contribution < -0.4 is 5.32 Å². The van der Waals surface area contributed by atoms with Gasteiger partial charge in [-0.2, -0.15) is 0 Å². The predicted octanol–water partition coefficient (Wildman–Crippen LogP) is 2.82. The molecule has 1 aliphatic heterocycles. The number of carbonyl (C=O) groups is 2. The summed E-state index contributed by atoms with van der Waals surface area (Å²) in [7, 11) is 1.59. The first kappa shape index (κ1) is 19.0. The van der Waals surface area contributed by atoms with Gasteiger partial charge in [0.25, 0.3) is 5.91 Å². The van der Waals surface area contributed by atoms with Crippen molar-refractivity contribution in [1.82, 2.24) is 9.80 Å². The SMILES string of the molecule is CN1C(=O)[C@H](CC(=O)Nc2ccccc2)N(CCc2ccccc2F)C1=S. The van der Waals surface area contributed by atoms with E-state index in [0.29, 0.717) is 29.3 Å². The Kier molecular flexibility index (Phi) is 5.81. The lowest BCUT2D eigenvalue weighted by Gasteiger charge is -2.23. The van der Waals surface area contributed by atoms with Gasteiger partial charge in [0.15, 0.2) is 5.11 Å². The van der Waals surface area contributed by atoms with Crippen LogP contribution in [0.3, 0.4) is 0 Å². The van der Waals surface area contributed by atoms with Gasteiger partial charge >= 0.3 is 0 Å². The number of amides is 2. The quantitative estimate of drug-likeness (QED) is 0.777. The standard InChI is InChI=1S/C20H20FN3O2S/c1-23-19(26)17(13-18(25)22-15-8-3-2-4-9-15)24(20(23)27)12-11-14-7-5-6-10-16(14)21/h2-10,17H,11-13H2,1H3,(H,22,25)/t17-/m0/s1. The molecule has 0 bridgehead atoms. The Morgan fingerprint density at radius 3 is 2.52 bits per heavy atom. The van der Waals surface area contributed by atoms with Crippen LogP contribution in [-0.4, -0.2) is 46.4 Å².